The SMILES string of the molecule is CC(C)N1CC2C(C1)C2NC(C)(C)C. The van der Waals surface area contributed by atoms with Crippen LogP contribution in [-0.2, 0) is 0 Å². The van der Waals surface area contributed by atoms with Gasteiger partial charge in [-0.15, -0.1) is 0 Å². The highest BCUT2D eigenvalue weighted by Gasteiger charge is 2.56. The van der Waals surface area contributed by atoms with Crippen LogP contribution in [-0.4, -0.2) is 35.6 Å². The highest BCUT2D eigenvalue weighted by molar-refractivity contribution is 5.11. The third kappa shape index (κ3) is 1.96. The van der Waals surface area contributed by atoms with E-state index in [0.717, 1.165) is 23.9 Å². The van der Waals surface area contributed by atoms with Gasteiger partial charge in [-0.2, -0.15) is 0 Å². The summed E-state index contributed by atoms with van der Waals surface area (Å²) in [5.41, 5.74) is 0.289. The largest absolute Gasteiger partial charge is 0.309 e. The van der Waals surface area contributed by atoms with Crippen molar-refractivity contribution in [3.63, 3.8) is 0 Å². The number of nitrogens with one attached hydrogen (secondary N) is 1. The Labute approximate surface area is 88.1 Å². The molecule has 0 aromatic heterocycles. The predicted molar refractivity (Wildman–Crippen MR) is 60.4 cm³/mol. The Morgan fingerprint density at radius 2 is 1.64 bits per heavy atom. The van der Waals surface area contributed by atoms with Crippen LogP contribution in [0, 0.1) is 11.8 Å². The van der Waals surface area contributed by atoms with Gasteiger partial charge in [0.05, 0.1) is 0 Å². The molecule has 0 aromatic rings. The average molecular weight is 196 g/mol. The molecule has 1 saturated heterocycles. The Kier molecular flexibility index (Phi) is 2.39. The standard InChI is InChI=1S/C12H24N2/c1-8(2)14-6-9-10(7-14)11(9)13-12(3,4)5/h8-11,13H,6-7H2,1-5H3. The zero-order chi connectivity index (χ0) is 10.5. The zero-order valence-corrected chi connectivity index (χ0v) is 10.2. The van der Waals surface area contributed by atoms with Gasteiger partial charge in [0.1, 0.15) is 0 Å². The second-order valence-corrected chi connectivity index (χ2v) is 6.30. The molecule has 2 heteroatoms. The molecule has 2 atom stereocenters. The summed E-state index contributed by atoms with van der Waals surface area (Å²) < 4.78 is 0. The van der Waals surface area contributed by atoms with E-state index in [-0.39, 0.29) is 5.54 Å². The topological polar surface area (TPSA) is 15.3 Å². The molecule has 0 amide bonds. The molecule has 0 spiro atoms. The molecule has 1 N–H and O–H groups in total. The number of hydrogen-bond donors (Lipinski definition) is 1. The highest BCUT2D eigenvalue weighted by Crippen LogP contribution is 2.46. The summed E-state index contributed by atoms with van der Waals surface area (Å²) in [6.07, 6.45) is 0. The van der Waals surface area contributed by atoms with Crippen molar-refractivity contribution in [1.82, 2.24) is 10.2 Å². The van der Waals surface area contributed by atoms with Crippen LogP contribution in [0.1, 0.15) is 34.6 Å². The molecule has 2 aliphatic rings. The first-order valence-electron chi connectivity index (χ1n) is 5.90. The van der Waals surface area contributed by atoms with E-state index < -0.39 is 0 Å². The Morgan fingerprint density at radius 3 is 2.00 bits per heavy atom. The Bertz CT molecular complexity index is 205. The third-order valence-electron chi connectivity index (χ3n) is 3.55. The molecule has 1 saturated carbocycles. The fraction of sp³-hybridized carbons (Fsp3) is 1.00. The lowest BCUT2D eigenvalue weighted by molar-refractivity contribution is 0.230. The number of piperidine rings is 1. The number of hydrogen-bond acceptors (Lipinski definition) is 2. The summed E-state index contributed by atoms with van der Waals surface area (Å²) in [7, 11) is 0. The molecule has 1 heterocycles. The van der Waals surface area contributed by atoms with Crippen molar-refractivity contribution >= 4 is 0 Å². The van der Waals surface area contributed by atoms with Gasteiger partial charge in [-0.1, -0.05) is 0 Å². The molecule has 1 aliphatic heterocycles. The van der Waals surface area contributed by atoms with Crippen LogP contribution in [0.2, 0.25) is 0 Å². The predicted octanol–water partition coefficient (Wildman–Crippen LogP) is 1.71. The first kappa shape index (κ1) is 10.4. The van der Waals surface area contributed by atoms with Crippen LogP contribution < -0.4 is 5.32 Å². The Morgan fingerprint density at radius 1 is 1.14 bits per heavy atom. The monoisotopic (exact) mass is 196 g/mol. The van der Waals surface area contributed by atoms with Gasteiger partial charge < -0.3 is 10.2 Å². The number of nitrogens with zero attached hydrogens (tertiary/aromatic N) is 1. The van der Waals surface area contributed by atoms with Crippen LogP contribution >= 0.6 is 0 Å². The molecule has 0 bridgehead atoms. The quantitative estimate of drug-likeness (QED) is 0.723. The van der Waals surface area contributed by atoms with Crippen molar-refractivity contribution < 1.29 is 0 Å². The van der Waals surface area contributed by atoms with Crippen molar-refractivity contribution in [1.29, 1.82) is 0 Å². The lowest BCUT2D eigenvalue weighted by atomic mass is 10.1. The molecular weight excluding hydrogens is 172 g/mol. The van der Waals surface area contributed by atoms with Crippen LogP contribution in [0.15, 0.2) is 0 Å². The van der Waals surface area contributed by atoms with Gasteiger partial charge >= 0.3 is 0 Å². The summed E-state index contributed by atoms with van der Waals surface area (Å²) in [4.78, 5) is 2.61. The van der Waals surface area contributed by atoms with E-state index in [2.05, 4.69) is 44.8 Å². The van der Waals surface area contributed by atoms with Crippen LogP contribution in [0.4, 0.5) is 0 Å². The van der Waals surface area contributed by atoms with Crippen molar-refractivity contribution in [2.45, 2.75) is 52.2 Å². The minimum Gasteiger partial charge on any atom is -0.309 e. The summed E-state index contributed by atoms with van der Waals surface area (Å²) in [6, 6.07) is 1.54. The van der Waals surface area contributed by atoms with Gasteiger partial charge in [-0.3, -0.25) is 0 Å². The third-order valence-corrected chi connectivity index (χ3v) is 3.55. The summed E-state index contributed by atoms with van der Waals surface area (Å²) in [5, 5.41) is 3.73. The molecule has 0 aromatic carbocycles. The average Bonchev–Trinajstić information content (AvgIpc) is 2.50. The van der Waals surface area contributed by atoms with E-state index in [1.807, 2.05) is 0 Å². The molecule has 14 heavy (non-hydrogen) atoms. The van der Waals surface area contributed by atoms with Crippen LogP contribution in [0.5, 0.6) is 0 Å². The molecule has 1 aliphatic carbocycles. The lowest BCUT2D eigenvalue weighted by Gasteiger charge is -2.27. The van der Waals surface area contributed by atoms with E-state index in [4.69, 9.17) is 0 Å². The maximum atomic E-state index is 3.73. The molecule has 82 valence electrons. The maximum absolute atomic E-state index is 3.73. The molecule has 2 nitrogen and oxygen atoms in total. The first-order valence-corrected chi connectivity index (χ1v) is 5.90. The Balaban J connectivity index is 1.80. The highest BCUT2D eigenvalue weighted by atomic mass is 15.2. The first-order chi connectivity index (χ1) is 6.38. The van der Waals surface area contributed by atoms with Crippen molar-refractivity contribution in [3.05, 3.63) is 0 Å². The minimum absolute atomic E-state index is 0.289. The lowest BCUT2D eigenvalue weighted by Crippen LogP contribution is -2.42. The van der Waals surface area contributed by atoms with Gasteiger partial charge in [0.2, 0.25) is 0 Å². The van der Waals surface area contributed by atoms with Crippen molar-refractivity contribution in [2.75, 3.05) is 13.1 Å². The van der Waals surface area contributed by atoms with Gasteiger partial charge in [0.15, 0.2) is 0 Å². The van der Waals surface area contributed by atoms with E-state index in [9.17, 15) is 0 Å². The molecule has 0 radical (unpaired) electrons. The molecule has 2 rings (SSSR count). The molecular formula is C12H24N2. The summed E-state index contributed by atoms with van der Waals surface area (Å²) >= 11 is 0. The summed E-state index contributed by atoms with van der Waals surface area (Å²) in [5.74, 6) is 1.88. The van der Waals surface area contributed by atoms with Gasteiger partial charge in [-0.25, -0.2) is 0 Å². The van der Waals surface area contributed by atoms with Gasteiger partial charge in [0, 0.05) is 30.7 Å². The van der Waals surface area contributed by atoms with E-state index in [1.165, 1.54) is 13.1 Å². The van der Waals surface area contributed by atoms with Gasteiger partial charge in [-0.05, 0) is 46.5 Å². The summed E-state index contributed by atoms with van der Waals surface area (Å²) in [6.45, 7) is 14.0. The van der Waals surface area contributed by atoms with Crippen LogP contribution in [0.3, 0.4) is 0 Å². The van der Waals surface area contributed by atoms with E-state index >= 15 is 0 Å². The van der Waals surface area contributed by atoms with Crippen molar-refractivity contribution in [2.24, 2.45) is 11.8 Å². The molecule has 2 unspecified atom stereocenters. The van der Waals surface area contributed by atoms with Crippen LogP contribution in [0.25, 0.3) is 0 Å². The number of fused-ring (bicyclic) bond motifs is 1. The fourth-order valence-corrected chi connectivity index (χ4v) is 2.69. The van der Waals surface area contributed by atoms with Gasteiger partial charge in [0.25, 0.3) is 0 Å². The maximum Gasteiger partial charge on any atom is 0.0160 e. The normalized spacial score (nSPS) is 37.7. The fourth-order valence-electron chi connectivity index (χ4n) is 2.69. The Hall–Kier alpha value is -0.0800. The second kappa shape index (κ2) is 3.21. The smallest absolute Gasteiger partial charge is 0.0160 e. The second-order valence-electron chi connectivity index (χ2n) is 6.30. The zero-order valence-electron chi connectivity index (χ0n) is 10.2. The minimum atomic E-state index is 0.289. The number of likely N-dealkylation sites (tertiary alicyclic amines) is 1. The van der Waals surface area contributed by atoms with E-state index in [0.29, 0.717) is 0 Å². The van der Waals surface area contributed by atoms with Crippen molar-refractivity contribution in [3.8, 4) is 0 Å². The van der Waals surface area contributed by atoms with E-state index in [1.54, 1.807) is 0 Å². The molecule has 2 fully saturated rings. The number of rotatable bonds is 2.